The molecule has 3 aromatic rings. The maximum absolute atomic E-state index is 13.0. The van der Waals surface area contributed by atoms with Gasteiger partial charge in [-0.25, -0.2) is 4.79 Å². The van der Waals surface area contributed by atoms with Crippen LogP contribution in [-0.4, -0.2) is 59.1 Å². The van der Waals surface area contributed by atoms with Gasteiger partial charge in [-0.3, -0.25) is 14.6 Å². The van der Waals surface area contributed by atoms with Crippen LogP contribution in [0.2, 0.25) is 0 Å². The van der Waals surface area contributed by atoms with Gasteiger partial charge < -0.3 is 14.0 Å². The minimum Gasteiger partial charge on any atom is -0.462 e. The van der Waals surface area contributed by atoms with Crippen molar-refractivity contribution in [3.63, 3.8) is 0 Å². The van der Waals surface area contributed by atoms with Crippen LogP contribution < -0.4 is 4.74 Å². The summed E-state index contributed by atoms with van der Waals surface area (Å²) in [7, 11) is 1.96. The third-order valence-corrected chi connectivity index (χ3v) is 6.81. The number of aromatic nitrogens is 1. The van der Waals surface area contributed by atoms with E-state index in [1.165, 1.54) is 12.5 Å². The van der Waals surface area contributed by atoms with Crippen molar-refractivity contribution >= 4 is 38.8 Å². The standard InChI is InChI=1S/C26H30BrN3O4/c1-4-33-26(32)25-20-14-24(34-18(2)31)21(27)15-22(20)28(3)23(25)17-30-12-10-29(11-13-30)16-19-8-6-5-7-9-19/h5-9,14-15H,4,10-13,16-17H2,1-3H3. The molecule has 1 aliphatic heterocycles. The molecule has 0 saturated carbocycles. The Kier molecular flexibility index (Phi) is 7.70. The van der Waals surface area contributed by atoms with Gasteiger partial charge in [-0.2, -0.15) is 0 Å². The van der Waals surface area contributed by atoms with Crippen molar-refractivity contribution in [3.8, 4) is 5.75 Å². The second-order valence-corrected chi connectivity index (χ2v) is 9.39. The van der Waals surface area contributed by atoms with E-state index in [0.717, 1.165) is 49.3 Å². The maximum Gasteiger partial charge on any atom is 0.340 e. The largest absolute Gasteiger partial charge is 0.462 e. The second kappa shape index (κ2) is 10.7. The molecule has 1 saturated heterocycles. The second-order valence-electron chi connectivity index (χ2n) is 8.53. The van der Waals surface area contributed by atoms with Crippen LogP contribution in [0, 0.1) is 0 Å². The Labute approximate surface area is 208 Å². The molecule has 0 N–H and O–H groups in total. The van der Waals surface area contributed by atoms with E-state index in [9.17, 15) is 9.59 Å². The Morgan fingerprint density at radius 1 is 1.00 bits per heavy atom. The normalized spacial score (nSPS) is 14.9. The molecule has 4 rings (SSSR count). The number of halogens is 1. The summed E-state index contributed by atoms with van der Waals surface area (Å²) in [5.74, 6) is -0.388. The number of carbonyl (C=O) groups is 2. The lowest BCUT2D eigenvalue weighted by Gasteiger charge is -2.35. The molecule has 0 atom stereocenters. The first-order valence-electron chi connectivity index (χ1n) is 11.5. The number of piperazine rings is 1. The molecule has 0 unspecified atom stereocenters. The Morgan fingerprint density at radius 2 is 1.65 bits per heavy atom. The van der Waals surface area contributed by atoms with Crippen LogP contribution in [0.15, 0.2) is 46.9 Å². The minimum atomic E-state index is -0.415. The lowest BCUT2D eigenvalue weighted by Crippen LogP contribution is -2.45. The van der Waals surface area contributed by atoms with Crippen LogP contribution in [-0.2, 0) is 29.7 Å². The predicted molar refractivity (Wildman–Crippen MR) is 135 cm³/mol. The van der Waals surface area contributed by atoms with Crippen molar-refractivity contribution in [1.29, 1.82) is 0 Å². The highest BCUT2D eigenvalue weighted by Crippen LogP contribution is 2.36. The van der Waals surface area contributed by atoms with E-state index >= 15 is 0 Å². The molecule has 0 spiro atoms. The molecule has 0 bridgehead atoms. The number of esters is 2. The molecule has 7 nitrogen and oxygen atoms in total. The summed E-state index contributed by atoms with van der Waals surface area (Å²) in [6.45, 7) is 8.80. The van der Waals surface area contributed by atoms with Crippen molar-refractivity contribution in [2.45, 2.75) is 26.9 Å². The van der Waals surface area contributed by atoms with Crippen molar-refractivity contribution in [2.75, 3.05) is 32.8 Å². The van der Waals surface area contributed by atoms with Crippen molar-refractivity contribution in [3.05, 3.63) is 63.8 Å². The molecule has 2 aromatic carbocycles. The summed E-state index contributed by atoms with van der Waals surface area (Å²) in [6.07, 6.45) is 0. The van der Waals surface area contributed by atoms with Gasteiger partial charge in [-0.05, 0) is 40.5 Å². The number of benzene rings is 2. The van der Waals surface area contributed by atoms with Gasteiger partial charge in [0.05, 0.1) is 22.2 Å². The van der Waals surface area contributed by atoms with E-state index in [1.807, 2.05) is 23.7 Å². The SMILES string of the molecule is CCOC(=O)c1c(CN2CCN(Cc3ccccc3)CC2)n(C)c2cc(Br)c(OC(C)=O)cc12. The lowest BCUT2D eigenvalue weighted by molar-refractivity contribution is -0.131. The lowest BCUT2D eigenvalue weighted by atomic mass is 10.1. The van der Waals surface area contributed by atoms with Gasteiger partial charge in [0.2, 0.25) is 0 Å². The number of rotatable bonds is 7. The maximum atomic E-state index is 13.0. The summed E-state index contributed by atoms with van der Waals surface area (Å²) >= 11 is 3.49. The van der Waals surface area contributed by atoms with E-state index < -0.39 is 5.97 Å². The average molecular weight is 528 g/mol. The first-order chi connectivity index (χ1) is 16.4. The zero-order valence-corrected chi connectivity index (χ0v) is 21.4. The molecule has 2 heterocycles. The third-order valence-electron chi connectivity index (χ3n) is 6.19. The number of aryl methyl sites for hydroxylation is 1. The van der Waals surface area contributed by atoms with Crippen molar-refractivity contribution in [2.24, 2.45) is 7.05 Å². The molecule has 0 amide bonds. The van der Waals surface area contributed by atoms with E-state index in [1.54, 1.807) is 13.0 Å². The van der Waals surface area contributed by atoms with E-state index in [-0.39, 0.29) is 5.97 Å². The first kappa shape index (κ1) is 24.4. The molecule has 0 radical (unpaired) electrons. The monoisotopic (exact) mass is 527 g/mol. The highest BCUT2D eigenvalue weighted by Gasteiger charge is 2.27. The molecule has 1 aromatic heterocycles. The molecular formula is C26H30BrN3O4. The van der Waals surface area contributed by atoms with E-state index in [2.05, 4.69) is 50.0 Å². The van der Waals surface area contributed by atoms with E-state index in [4.69, 9.17) is 9.47 Å². The highest BCUT2D eigenvalue weighted by molar-refractivity contribution is 9.10. The smallest absolute Gasteiger partial charge is 0.340 e. The Hall–Kier alpha value is -2.68. The summed E-state index contributed by atoms with van der Waals surface area (Å²) in [5.41, 5.74) is 3.63. The highest BCUT2D eigenvalue weighted by atomic mass is 79.9. The van der Waals surface area contributed by atoms with Gasteiger partial charge in [0, 0.05) is 64.3 Å². The zero-order valence-electron chi connectivity index (χ0n) is 19.8. The molecule has 1 fully saturated rings. The molecule has 1 aliphatic rings. The number of hydrogen-bond donors (Lipinski definition) is 0. The van der Waals surface area contributed by atoms with E-state index in [0.29, 0.717) is 28.9 Å². The van der Waals surface area contributed by atoms with Crippen LogP contribution in [0.1, 0.15) is 35.5 Å². The number of nitrogens with zero attached hydrogens (tertiary/aromatic N) is 3. The van der Waals surface area contributed by atoms with Gasteiger partial charge in [-0.15, -0.1) is 0 Å². The van der Waals surface area contributed by atoms with Gasteiger partial charge in [0.15, 0.2) is 0 Å². The van der Waals surface area contributed by atoms with Crippen molar-refractivity contribution in [1.82, 2.24) is 14.4 Å². The molecule has 180 valence electrons. The molecule has 34 heavy (non-hydrogen) atoms. The number of carbonyl (C=O) groups excluding carboxylic acids is 2. The summed E-state index contributed by atoms with van der Waals surface area (Å²) in [5, 5.41) is 0.720. The third kappa shape index (κ3) is 5.35. The topological polar surface area (TPSA) is 64.0 Å². The first-order valence-corrected chi connectivity index (χ1v) is 12.3. The van der Waals surface area contributed by atoms with Gasteiger partial charge >= 0.3 is 11.9 Å². The summed E-state index contributed by atoms with van der Waals surface area (Å²) < 4.78 is 13.5. The Balaban J connectivity index is 1.59. The Morgan fingerprint density at radius 3 is 2.26 bits per heavy atom. The zero-order chi connectivity index (χ0) is 24.2. The summed E-state index contributed by atoms with van der Waals surface area (Å²) in [4.78, 5) is 29.4. The van der Waals surface area contributed by atoms with Gasteiger partial charge in [-0.1, -0.05) is 30.3 Å². The quantitative estimate of drug-likeness (QED) is 0.336. The summed E-state index contributed by atoms with van der Waals surface area (Å²) in [6, 6.07) is 14.2. The fourth-order valence-corrected chi connectivity index (χ4v) is 4.91. The fourth-order valence-electron chi connectivity index (χ4n) is 4.50. The van der Waals surface area contributed by atoms with Crippen LogP contribution >= 0.6 is 15.9 Å². The number of ether oxygens (including phenoxy) is 2. The predicted octanol–water partition coefficient (Wildman–Crippen LogP) is 4.36. The van der Waals surface area contributed by atoms with Crippen LogP contribution in [0.25, 0.3) is 10.9 Å². The van der Waals surface area contributed by atoms with Crippen LogP contribution in [0.4, 0.5) is 0 Å². The minimum absolute atomic E-state index is 0.292. The van der Waals surface area contributed by atoms with Crippen LogP contribution in [0.5, 0.6) is 5.75 Å². The molecular weight excluding hydrogens is 498 g/mol. The molecule has 0 aliphatic carbocycles. The average Bonchev–Trinajstić information content (AvgIpc) is 3.06. The molecule has 8 heteroatoms. The fraction of sp³-hybridized carbons (Fsp3) is 0.385. The van der Waals surface area contributed by atoms with Crippen molar-refractivity contribution < 1.29 is 19.1 Å². The van der Waals surface area contributed by atoms with Gasteiger partial charge in [0.25, 0.3) is 0 Å². The van der Waals surface area contributed by atoms with Gasteiger partial charge in [0.1, 0.15) is 5.75 Å². The number of fused-ring (bicyclic) bond motifs is 1. The number of hydrogen-bond acceptors (Lipinski definition) is 6. The Bertz CT molecular complexity index is 1180. The van der Waals surface area contributed by atoms with Crippen LogP contribution in [0.3, 0.4) is 0 Å².